The van der Waals surface area contributed by atoms with Gasteiger partial charge in [0, 0.05) is 0 Å². The maximum Gasteiger partial charge on any atom is -0.0287 e. The number of hydrogen-bond donors (Lipinski definition) is 0. The van der Waals surface area contributed by atoms with E-state index in [9.17, 15) is 0 Å². The molecular weight excluding hydrogens is 528 g/mol. The molecule has 0 heterocycles. The average molecular weight is 609 g/mol. The lowest BCUT2D eigenvalue weighted by atomic mass is 9.53. The summed E-state index contributed by atoms with van der Waals surface area (Å²) in [6.45, 7) is 54.5. The first-order valence-corrected chi connectivity index (χ1v) is 19.9. The van der Waals surface area contributed by atoms with Crippen LogP contribution >= 0.6 is 0 Å². The van der Waals surface area contributed by atoms with Gasteiger partial charge in [-0.05, 0) is 140 Å². The molecule has 0 aliphatic heterocycles. The fourth-order valence-electron chi connectivity index (χ4n) is 19.1. The van der Waals surface area contributed by atoms with Gasteiger partial charge in [-0.15, -0.1) is 0 Å². The Kier molecular flexibility index (Phi) is 8.63. The van der Waals surface area contributed by atoms with Gasteiger partial charge in [-0.25, -0.2) is 0 Å². The first-order valence-electron chi connectivity index (χ1n) is 19.9. The molecule has 0 N–H and O–H groups in total. The molecule has 0 spiro atoms. The Balaban J connectivity index is 1.75. The van der Waals surface area contributed by atoms with E-state index in [2.05, 4.69) is 138 Å². The molecule has 0 aromatic rings. The molecule has 0 nitrogen and oxygen atoms in total. The number of fused-ring (bicyclic) bond motifs is 8. The summed E-state index contributed by atoms with van der Waals surface area (Å²) in [5, 5.41) is 0. The average Bonchev–Trinajstić information content (AvgIpc) is 3.43. The molecule has 5 aliphatic carbocycles. The fraction of sp³-hybridized carbons (Fsp3) is 1.00. The second kappa shape index (κ2) is 10.8. The Hall–Kier alpha value is 0. The summed E-state index contributed by atoms with van der Waals surface area (Å²) in [7, 11) is 0. The first kappa shape index (κ1) is 35.3. The van der Waals surface area contributed by atoms with Crippen LogP contribution < -0.4 is 0 Å². The van der Waals surface area contributed by atoms with Crippen LogP contribution in [0.15, 0.2) is 0 Å². The molecule has 5 rings (SSSR count). The van der Waals surface area contributed by atoms with Gasteiger partial charge in [0.2, 0.25) is 0 Å². The predicted octanol–water partition coefficient (Wildman–Crippen LogP) is 12.7. The van der Waals surface area contributed by atoms with Crippen molar-refractivity contribution < 1.29 is 0 Å². The Labute approximate surface area is 277 Å². The zero-order chi connectivity index (χ0) is 33.5. The Morgan fingerprint density at radius 2 is 0.273 bits per heavy atom. The summed E-state index contributed by atoms with van der Waals surface area (Å²) in [6, 6.07) is 0. The molecule has 0 aromatic heterocycles. The van der Waals surface area contributed by atoms with Crippen LogP contribution in [0.5, 0.6) is 0 Å². The second-order valence-electron chi connectivity index (χ2n) is 21.8. The van der Waals surface area contributed by atoms with Gasteiger partial charge in [-0.2, -0.15) is 0 Å². The maximum atomic E-state index is 2.76. The largest absolute Gasteiger partial charge is 0.0619 e. The maximum absolute atomic E-state index is 2.76. The molecule has 5 saturated carbocycles. The standard InChI is InChI=1S/C44H80/c1-21-22(2)34-29(9)33(21)41(13,14)35-23(3)24(4)37(30(35)10)43(17,18)39-27(7)28(8)40(32(39)12)44(19,20)38-26(6)25(5)36(31(38)11)42(34,15)16/h21-40H,1-20H3/t21-,22+,23+,24-,25-,26+,27+,28-,29?,30?,31?,32?,33-,34+,35+,36-,37-,38+,39+,40-. The summed E-state index contributed by atoms with van der Waals surface area (Å²) in [5.74, 6) is 15.8. The van der Waals surface area contributed by atoms with Crippen molar-refractivity contribution in [2.75, 3.05) is 0 Å². The highest BCUT2D eigenvalue weighted by Gasteiger charge is 2.67. The van der Waals surface area contributed by atoms with Crippen LogP contribution in [0.4, 0.5) is 0 Å². The van der Waals surface area contributed by atoms with Crippen molar-refractivity contribution in [3.05, 3.63) is 0 Å². The molecule has 0 saturated heterocycles. The van der Waals surface area contributed by atoms with Gasteiger partial charge in [0.25, 0.3) is 0 Å². The summed E-state index contributed by atoms with van der Waals surface area (Å²) in [4.78, 5) is 0. The minimum atomic E-state index is 0.348. The van der Waals surface area contributed by atoms with Crippen LogP contribution in [0.25, 0.3) is 0 Å². The lowest BCUT2D eigenvalue weighted by molar-refractivity contribution is -0.0378. The van der Waals surface area contributed by atoms with E-state index in [0.29, 0.717) is 21.7 Å². The molecule has 0 amide bonds. The zero-order valence-electron chi connectivity index (χ0n) is 33.5. The quantitative estimate of drug-likeness (QED) is 0.257. The van der Waals surface area contributed by atoms with Gasteiger partial charge < -0.3 is 0 Å². The van der Waals surface area contributed by atoms with Gasteiger partial charge >= 0.3 is 0 Å². The number of rotatable bonds is 0. The number of hydrogen-bond acceptors (Lipinski definition) is 0. The Morgan fingerprint density at radius 1 is 0.182 bits per heavy atom. The SMILES string of the molecule is CC1[C@@H]2[C@@H](C)[C@@H](C)[C@H]1C(C)(C)[C@@H]1C(C)[C@@H]([C@H](C)[C@@H]1C)C(C)(C)[C@@H]1C(C)[C@@H]([C@H](C)[C@@H]1C)C(C)(C)[C@@H]1C(C)[C@@H]([C@H](C)[C@@H]1C)C2(C)C. The highest BCUT2D eigenvalue weighted by molar-refractivity contribution is 5.15. The summed E-state index contributed by atoms with van der Waals surface area (Å²) in [6.07, 6.45) is 0. The van der Waals surface area contributed by atoms with Crippen LogP contribution in [0.3, 0.4) is 0 Å². The third kappa shape index (κ3) is 4.31. The van der Waals surface area contributed by atoms with Crippen LogP contribution in [0, 0.1) is 140 Å². The van der Waals surface area contributed by atoms with Crippen molar-refractivity contribution in [2.24, 2.45) is 140 Å². The normalized spacial score (nSPS) is 59.2. The minimum absolute atomic E-state index is 0.348. The third-order valence-corrected chi connectivity index (χ3v) is 19.3. The van der Waals surface area contributed by atoms with Crippen LogP contribution in [-0.4, -0.2) is 0 Å². The zero-order valence-corrected chi connectivity index (χ0v) is 33.5. The summed E-state index contributed by atoms with van der Waals surface area (Å²) >= 11 is 0. The van der Waals surface area contributed by atoms with E-state index in [1.807, 2.05) is 0 Å². The molecule has 5 fully saturated rings. The fourth-order valence-corrected chi connectivity index (χ4v) is 19.1. The third-order valence-electron chi connectivity index (χ3n) is 19.3. The van der Waals surface area contributed by atoms with Crippen molar-refractivity contribution in [2.45, 2.75) is 138 Å². The monoisotopic (exact) mass is 609 g/mol. The molecule has 0 radical (unpaired) electrons. The van der Waals surface area contributed by atoms with Crippen LogP contribution in [-0.2, 0) is 0 Å². The van der Waals surface area contributed by atoms with Crippen molar-refractivity contribution >= 4 is 0 Å². The Bertz CT molecular complexity index is 818. The second-order valence-corrected chi connectivity index (χ2v) is 21.8. The van der Waals surface area contributed by atoms with E-state index in [0.717, 1.165) is 118 Å². The molecule has 0 aromatic carbocycles. The van der Waals surface area contributed by atoms with Gasteiger partial charge in [0.05, 0.1) is 0 Å². The van der Waals surface area contributed by atoms with E-state index >= 15 is 0 Å². The smallest absolute Gasteiger partial charge is 0.0287 e. The first-order chi connectivity index (χ1) is 19.9. The van der Waals surface area contributed by atoms with Gasteiger partial charge in [-0.1, -0.05) is 138 Å². The van der Waals surface area contributed by atoms with Crippen molar-refractivity contribution in [1.29, 1.82) is 0 Å². The van der Waals surface area contributed by atoms with E-state index < -0.39 is 0 Å². The van der Waals surface area contributed by atoms with Crippen LogP contribution in [0.2, 0.25) is 0 Å². The summed E-state index contributed by atoms with van der Waals surface area (Å²) in [5.41, 5.74) is 1.39. The highest BCUT2D eigenvalue weighted by atomic mass is 14.7. The lowest BCUT2D eigenvalue weighted by Crippen LogP contribution is -2.46. The molecule has 44 heavy (non-hydrogen) atoms. The molecule has 5 aliphatic rings. The van der Waals surface area contributed by atoms with E-state index in [-0.39, 0.29) is 0 Å². The van der Waals surface area contributed by atoms with Crippen molar-refractivity contribution in [1.82, 2.24) is 0 Å². The molecular formula is C44H80. The topological polar surface area (TPSA) is 0 Å². The summed E-state index contributed by atoms with van der Waals surface area (Å²) < 4.78 is 0. The van der Waals surface area contributed by atoms with E-state index in [1.54, 1.807) is 0 Å². The van der Waals surface area contributed by atoms with E-state index in [1.165, 1.54) is 0 Å². The minimum Gasteiger partial charge on any atom is -0.0619 e. The van der Waals surface area contributed by atoms with Crippen molar-refractivity contribution in [3.8, 4) is 0 Å². The highest BCUT2D eigenvalue weighted by Crippen LogP contribution is 2.72. The molecule has 8 bridgehead atoms. The molecule has 20 atom stereocenters. The van der Waals surface area contributed by atoms with Crippen molar-refractivity contribution in [3.63, 3.8) is 0 Å². The molecule has 0 heteroatoms. The van der Waals surface area contributed by atoms with Gasteiger partial charge in [0.15, 0.2) is 0 Å². The molecule has 256 valence electrons. The molecule has 4 unspecified atom stereocenters. The van der Waals surface area contributed by atoms with Gasteiger partial charge in [-0.3, -0.25) is 0 Å². The van der Waals surface area contributed by atoms with Crippen LogP contribution in [0.1, 0.15) is 138 Å². The Morgan fingerprint density at radius 3 is 0.364 bits per heavy atom. The van der Waals surface area contributed by atoms with E-state index in [4.69, 9.17) is 0 Å². The lowest BCUT2D eigenvalue weighted by Gasteiger charge is -2.51. The van der Waals surface area contributed by atoms with Gasteiger partial charge in [0.1, 0.15) is 0 Å². The predicted molar refractivity (Wildman–Crippen MR) is 193 cm³/mol.